The van der Waals surface area contributed by atoms with Crippen LogP contribution < -0.4 is 10.0 Å². The van der Waals surface area contributed by atoms with E-state index in [9.17, 15) is 13.2 Å². The lowest BCUT2D eigenvalue weighted by atomic mass is 9.96. The van der Waals surface area contributed by atoms with E-state index in [0.29, 0.717) is 5.56 Å². The van der Waals surface area contributed by atoms with Crippen LogP contribution in [0.3, 0.4) is 0 Å². The fourth-order valence-electron chi connectivity index (χ4n) is 2.85. The molecule has 1 aliphatic rings. The third-order valence-electron chi connectivity index (χ3n) is 4.17. The van der Waals surface area contributed by atoms with E-state index in [2.05, 4.69) is 20.2 Å². The van der Waals surface area contributed by atoms with Crippen molar-refractivity contribution in [2.24, 2.45) is 0 Å². The molecule has 9 heteroatoms. The maximum absolute atomic E-state index is 12.4. The molecule has 134 valence electrons. The van der Waals surface area contributed by atoms with Gasteiger partial charge in [-0.05, 0) is 31.4 Å². The van der Waals surface area contributed by atoms with Crippen molar-refractivity contribution in [3.8, 4) is 0 Å². The number of hydrogen-bond acceptors (Lipinski definition) is 6. The van der Waals surface area contributed by atoms with Crippen LogP contribution in [0.4, 0.5) is 5.13 Å². The SMILES string of the molecule is Cc1ccccc1C(=O)Nc1nnc(S(=O)(=O)NC2CCCCC2)s1. The lowest BCUT2D eigenvalue weighted by Crippen LogP contribution is -2.36. The van der Waals surface area contributed by atoms with Crippen molar-refractivity contribution in [1.82, 2.24) is 14.9 Å². The summed E-state index contributed by atoms with van der Waals surface area (Å²) >= 11 is 0.853. The summed E-state index contributed by atoms with van der Waals surface area (Å²) < 4.78 is 27.4. The Morgan fingerprint density at radius 3 is 2.60 bits per heavy atom. The van der Waals surface area contributed by atoms with Gasteiger partial charge in [-0.2, -0.15) is 0 Å². The Kier molecular flexibility index (Phi) is 5.45. The summed E-state index contributed by atoms with van der Waals surface area (Å²) in [5, 5.41) is 10.3. The van der Waals surface area contributed by atoms with Crippen LogP contribution in [0.1, 0.15) is 48.0 Å². The number of benzene rings is 1. The average Bonchev–Trinajstić information content (AvgIpc) is 3.05. The van der Waals surface area contributed by atoms with Crippen LogP contribution in [0.25, 0.3) is 0 Å². The number of sulfonamides is 1. The molecule has 1 heterocycles. The molecule has 2 N–H and O–H groups in total. The molecule has 1 aromatic carbocycles. The van der Waals surface area contributed by atoms with Crippen molar-refractivity contribution in [2.45, 2.75) is 49.4 Å². The van der Waals surface area contributed by atoms with Gasteiger partial charge < -0.3 is 0 Å². The molecule has 25 heavy (non-hydrogen) atoms. The van der Waals surface area contributed by atoms with E-state index in [1.807, 2.05) is 19.1 Å². The van der Waals surface area contributed by atoms with Crippen molar-refractivity contribution in [2.75, 3.05) is 5.32 Å². The molecule has 1 fully saturated rings. The largest absolute Gasteiger partial charge is 0.296 e. The molecule has 0 atom stereocenters. The number of hydrogen-bond donors (Lipinski definition) is 2. The summed E-state index contributed by atoms with van der Waals surface area (Å²) in [4.78, 5) is 12.3. The molecule has 0 saturated heterocycles. The summed E-state index contributed by atoms with van der Waals surface area (Å²) in [6.45, 7) is 1.83. The molecule has 0 bridgehead atoms. The van der Waals surface area contributed by atoms with Crippen LogP contribution in [0.15, 0.2) is 28.6 Å². The van der Waals surface area contributed by atoms with Gasteiger partial charge in [0.25, 0.3) is 15.9 Å². The maximum Gasteiger partial charge on any atom is 0.270 e. The van der Waals surface area contributed by atoms with E-state index >= 15 is 0 Å². The predicted molar refractivity (Wildman–Crippen MR) is 96.2 cm³/mol. The fourth-order valence-corrected chi connectivity index (χ4v) is 5.07. The molecule has 1 aliphatic carbocycles. The van der Waals surface area contributed by atoms with Crippen LogP contribution >= 0.6 is 11.3 Å². The summed E-state index contributed by atoms with van der Waals surface area (Å²) in [6.07, 6.45) is 4.89. The Balaban J connectivity index is 1.69. The molecule has 0 unspecified atom stereocenters. The lowest BCUT2D eigenvalue weighted by molar-refractivity contribution is 0.102. The third kappa shape index (κ3) is 4.42. The first-order chi connectivity index (χ1) is 12.0. The van der Waals surface area contributed by atoms with E-state index in [1.54, 1.807) is 12.1 Å². The van der Waals surface area contributed by atoms with Gasteiger partial charge in [0.1, 0.15) is 0 Å². The van der Waals surface area contributed by atoms with E-state index in [0.717, 1.165) is 49.0 Å². The molecule has 0 radical (unpaired) electrons. The summed E-state index contributed by atoms with van der Waals surface area (Å²) in [6, 6.07) is 7.10. The topological polar surface area (TPSA) is 101 Å². The van der Waals surface area contributed by atoms with Crippen LogP contribution in [-0.2, 0) is 10.0 Å². The smallest absolute Gasteiger partial charge is 0.270 e. The molecular weight excluding hydrogens is 360 g/mol. The van der Waals surface area contributed by atoms with Crippen LogP contribution in [0.5, 0.6) is 0 Å². The zero-order chi connectivity index (χ0) is 17.9. The normalized spacial score (nSPS) is 15.9. The van der Waals surface area contributed by atoms with Gasteiger partial charge in [-0.15, -0.1) is 10.2 Å². The number of carbonyl (C=O) groups is 1. The van der Waals surface area contributed by atoms with Crippen LogP contribution in [0, 0.1) is 6.92 Å². The molecule has 1 amide bonds. The second-order valence-electron chi connectivity index (χ2n) is 6.10. The average molecular weight is 380 g/mol. The Bertz CT molecular complexity index is 858. The third-order valence-corrected chi connectivity index (χ3v) is 6.90. The Morgan fingerprint density at radius 2 is 1.88 bits per heavy atom. The molecule has 2 aromatic rings. The van der Waals surface area contributed by atoms with Gasteiger partial charge in [0, 0.05) is 11.6 Å². The van der Waals surface area contributed by atoms with Gasteiger partial charge in [-0.1, -0.05) is 48.8 Å². The Morgan fingerprint density at radius 1 is 1.16 bits per heavy atom. The standard InChI is InChI=1S/C16H20N4O3S2/c1-11-7-5-6-10-13(11)14(21)17-15-18-19-16(24-15)25(22,23)20-12-8-3-2-4-9-12/h5-7,10,12,20H,2-4,8-9H2,1H3,(H,17,18,21). The lowest BCUT2D eigenvalue weighted by Gasteiger charge is -2.21. The highest BCUT2D eigenvalue weighted by Crippen LogP contribution is 2.24. The van der Waals surface area contributed by atoms with Gasteiger partial charge in [-0.3, -0.25) is 10.1 Å². The highest BCUT2D eigenvalue weighted by molar-refractivity contribution is 7.91. The molecule has 3 rings (SSSR count). The number of amides is 1. The minimum atomic E-state index is -3.70. The molecule has 1 saturated carbocycles. The highest BCUT2D eigenvalue weighted by atomic mass is 32.2. The zero-order valence-corrected chi connectivity index (χ0v) is 15.5. The number of carbonyl (C=O) groups excluding carboxylic acids is 1. The van der Waals surface area contributed by atoms with E-state index in [-0.39, 0.29) is 21.4 Å². The Labute approximate surface area is 150 Å². The molecular formula is C16H20N4O3S2. The van der Waals surface area contributed by atoms with Gasteiger partial charge in [0.15, 0.2) is 0 Å². The molecule has 0 spiro atoms. The second kappa shape index (κ2) is 7.59. The molecule has 0 aliphatic heterocycles. The number of nitrogens with one attached hydrogen (secondary N) is 2. The first kappa shape index (κ1) is 18.0. The van der Waals surface area contributed by atoms with Crippen molar-refractivity contribution in [3.05, 3.63) is 35.4 Å². The number of aromatic nitrogens is 2. The van der Waals surface area contributed by atoms with E-state index in [4.69, 9.17) is 0 Å². The summed E-state index contributed by atoms with van der Waals surface area (Å²) in [7, 11) is -3.70. The number of aryl methyl sites for hydroxylation is 1. The highest BCUT2D eigenvalue weighted by Gasteiger charge is 2.25. The van der Waals surface area contributed by atoms with Crippen LogP contribution in [0.2, 0.25) is 0 Å². The molecule has 7 nitrogen and oxygen atoms in total. The van der Waals surface area contributed by atoms with Crippen molar-refractivity contribution < 1.29 is 13.2 Å². The summed E-state index contributed by atoms with van der Waals surface area (Å²) in [5.74, 6) is -0.335. The van der Waals surface area contributed by atoms with Crippen molar-refractivity contribution >= 4 is 32.4 Å². The predicted octanol–water partition coefficient (Wildman–Crippen LogP) is 2.71. The number of anilines is 1. The van der Waals surface area contributed by atoms with Crippen molar-refractivity contribution in [3.63, 3.8) is 0 Å². The fraction of sp³-hybridized carbons (Fsp3) is 0.438. The van der Waals surface area contributed by atoms with Gasteiger partial charge in [0.05, 0.1) is 0 Å². The maximum atomic E-state index is 12.4. The monoisotopic (exact) mass is 380 g/mol. The van der Waals surface area contributed by atoms with E-state index < -0.39 is 10.0 Å². The molecule has 1 aromatic heterocycles. The minimum Gasteiger partial charge on any atom is -0.296 e. The number of rotatable bonds is 5. The first-order valence-corrected chi connectivity index (χ1v) is 10.5. The number of nitrogens with zero attached hydrogens (tertiary/aromatic N) is 2. The zero-order valence-electron chi connectivity index (χ0n) is 13.9. The first-order valence-electron chi connectivity index (χ1n) is 8.18. The summed E-state index contributed by atoms with van der Waals surface area (Å²) in [5.41, 5.74) is 1.35. The van der Waals surface area contributed by atoms with E-state index in [1.165, 1.54) is 0 Å². The van der Waals surface area contributed by atoms with Gasteiger partial charge >= 0.3 is 0 Å². The van der Waals surface area contributed by atoms with Gasteiger partial charge in [-0.25, -0.2) is 13.1 Å². The van der Waals surface area contributed by atoms with Crippen LogP contribution in [-0.4, -0.2) is 30.6 Å². The van der Waals surface area contributed by atoms with Crippen molar-refractivity contribution in [1.29, 1.82) is 0 Å². The quantitative estimate of drug-likeness (QED) is 0.777. The Hall–Kier alpha value is -1.84. The van der Waals surface area contributed by atoms with Gasteiger partial charge in [0.2, 0.25) is 9.47 Å². The minimum absolute atomic E-state index is 0.0485. The second-order valence-corrected chi connectivity index (χ2v) is 8.96.